The maximum atomic E-state index is 15.4. The van der Waals surface area contributed by atoms with Crippen molar-refractivity contribution < 1.29 is 38.4 Å². The molecule has 1 saturated heterocycles. The average molecular weight is 818 g/mol. The van der Waals surface area contributed by atoms with Crippen LogP contribution in [0, 0.1) is 22.7 Å². The normalized spacial score (nSPS) is 33.8. The number of aromatic amines is 1. The summed E-state index contributed by atoms with van der Waals surface area (Å²) in [7, 11) is 6.15. The zero-order valence-electron chi connectivity index (χ0n) is 35.6. The number of carbonyl (C=O) groups excluding carboxylic acids is 3. The van der Waals surface area contributed by atoms with Gasteiger partial charge in [0.1, 0.15) is 11.2 Å². The summed E-state index contributed by atoms with van der Waals surface area (Å²) in [6.07, 6.45) is 8.08. The number of nitriles is 1. The van der Waals surface area contributed by atoms with Crippen LogP contribution < -0.4 is 9.64 Å². The Hall–Kier alpha value is -5.16. The zero-order chi connectivity index (χ0) is 42.5. The van der Waals surface area contributed by atoms with Gasteiger partial charge >= 0.3 is 17.9 Å². The third-order valence-electron chi connectivity index (χ3n) is 15.3. The molecule has 5 aliphatic heterocycles. The number of benzene rings is 2. The van der Waals surface area contributed by atoms with Crippen LogP contribution in [0.2, 0.25) is 0 Å². The topological polar surface area (TPSA) is 158 Å². The number of H-pyrrole nitrogens is 1. The lowest BCUT2D eigenvalue weighted by atomic mass is 9.47. The second-order valence-electron chi connectivity index (χ2n) is 17.8. The van der Waals surface area contributed by atoms with Crippen LogP contribution in [0.3, 0.4) is 0 Å². The Morgan fingerprint density at radius 2 is 1.82 bits per heavy atom. The molecule has 60 heavy (non-hydrogen) atoms. The van der Waals surface area contributed by atoms with Gasteiger partial charge in [-0.2, -0.15) is 5.26 Å². The number of methoxy groups -OCH3 is 3. The number of likely N-dealkylation sites (N-methyl/N-ethyl adjacent to an activating group) is 1. The lowest BCUT2D eigenvalue weighted by molar-refractivity contribution is -0.228. The molecule has 316 valence electrons. The first-order valence-electron chi connectivity index (χ1n) is 21.2. The Bertz CT molecular complexity index is 2420. The highest BCUT2D eigenvalue weighted by atomic mass is 16.6. The van der Waals surface area contributed by atoms with Gasteiger partial charge in [0.25, 0.3) is 0 Å². The molecule has 3 unspecified atom stereocenters. The Kier molecular flexibility index (Phi) is 9.54. The van der Waals surface area contributed by atoms with Crippen LogP contribution in [0.15, 0.2) is 54.1 Å². The first-order chi connectivity index (χ1) is 28.8. The average Bonchev–Trinajstić information content (AvgIpc) is 3.92. The molecule has 1 aromatic heterocycles. The SMILES string of the molecule is CCC1=C[C@@H]2CN(CCc3c([nH]c4ccc(C#N)cc34)[C@@](C(=O)OC)(c3cc4c(cc3OC)N(C)C3C(O)(C(=O)OC)[C@H](OC(C)=O)[C@]5(CC)C=CCN6CC[C@]43[C@@H]65)C2)C1. The fraction of sp³-hybridized carbons (Fsp3) is 0.532. The van der Waals surface area contributed by atoms with Gasteiger partial charge in [0.05, 0.1) is 39.0 Å². The second kappa shape index (κ2) is 14.2. The Morgan fingerprint density at radius 1 is 1.03 bits per heavy atom. The molecule has 2 N–H and O–H groups in total. The highest BCUT2D eigenvalue weighted by Crippen LogP contribution is 2.68. The molecule has 0 radical (unpaired) electrons. The smallest absolute Gasteiger partial charge is 0.344 e. The van der Waals surface area contributed by atoms with Crippen LogP contribution in [0.5, 0.6) is 5.75 Å². The number of hydrogen-bond acceptors (Lipinski definition) is 12. The summed E-state index contributed by atoms with van der Waals surface area (Å²) in [5, 5.41) is 24.2. The molecule has 1 spiro atoms. The number of anilines is 1. The maximum absolute atomic E-state index is 15.4. The van der Waals surface area contributed by atoms with Crippen molar-refractivity contribution in [3.63, 3.8) is 0 Å². The van der Waals surface area contributed by atoms with Gasteiger partial charge in [-0.05, 0) is 80.0 Å². The van der Waals surface area contributed by atoms with Crippen molar-refractivity contribution in [2.24, 2.45) is 11.3 Å². The minimum absolute atomic E-state index is 0.0341. The number of nitrogens with zero attached hydrogens (tertiary/aromatic N) is 4. The van der Waals surface area contributed by atoms with Crippen molar-refractivity contribution in [2.75, 3.05) is 66.0 Å². The van der Waals surface area contributed by atoms with Gasteiger partial charge in [0.15, 0.2) is 6.10 Å². The van der Waals surface area contributed by atoms with E-state index in [1.165, 1.54) is 26.7 Å². The third kappa shape index (κ3) is 5.16. The Morgan fingerprint density at radius 3 is 2.50 bits per heavy atom. The molecule has 1 saturated carbocycles. The molecule has 6 aliphatic rings. The second-order valence-corrected chi connectivity index (χ2v) is 17.8. The molecule has 1 aliphatic carbocycles. The molecule has 2 fully saturated rings. The van der Waals surface area contributed by atoms with E-state index in [4.69, 9.17) is 18.9 Å². The molecular weight excluding hydrogens is 763 g/mol. The van der Waals surface area contributed by atoms with Crippen LogP contribution >= 0.6 is 0 Å². The Labute approximate surface area is 350 Å². The van der Waals surface area contributed by atoms with E-state index < -0.39 is 51.9 Å². The number of ether oxygens (including phenoxy) is 4. The van der Waals surface area contributed by atoms with Gasteiger partial charge in [-0.1, -0.05) is 37.6 Å². The van der Waals surface area contributed by atoms with Gasteiger partial charge in [-0.25, -0.2) is 4.79 Å². The summed E-state index contributed by atoms with van der Waals surface area (Å²) in [5.74, 6) is -1.51. The molecule has 13 heteroatoms. The molecule has 0 amide bonds. The van der Waals surface area contributed by atoms with Crippen molar-refractivity contribution in [1.29, 1.82) is 5.26 Å². The van der Waals surface area contributed by atoms with Crippen LogP contribution in [-0.4, -0.2) is 123 Å². The largest absolute Gasteiger partial charge is 0.496 e. The van der Waals surface area contributed by atoms with Crippen LogP contribution in [-0.2, 0) is 45.8 Å². The molecular formula is C47H55N5O8. The van der Waals surface area contributed by atoms with Crippen molar-refractivity contribution in [3.8, 4) is 11.8 Å². The first-order valence-corrected chi connectivity index (χ1v) is 21.2. The maximum Gasteiger partial charge on any atom is 0.344 e. The van der Waals surface area contributed by atoms with Crippen molar-refractivity contribution in [3.05, 3.63) is 82.1 Å². The van der Waals surface area contributed by atoms with E-state index in [0.717, 1.165) is 53.8 Å². The monoisotopic (exact) mass is 817 g/mol. The number of hydrogen-bond donors (Lipinski definition) is 2. The van der Waals surface area contributed by atoms with Gasteiger partial charge in [0.2, 0.25) is 5.60 Å². The third-order valence-corrected chi connectivity index (χ3v) is 15.3. The quantitative estimate of drug-likeness (QED) is 0.193. The van der Waals surface area contributed by atoms with Crippen molar-refractivity contribution in [2.45, 2.75) is 87.5 Å². The van der Waals surface area contributed by atoms with E-state index in [0.29, 0.717) is 61.3 Å². The van der Waals surface area contributed by atoms with Gasteiger partial charge < -0.3 is 33.9 Å². The lowest BCUT2D eigenvalue weighted by Crippen LogP contribution is -2.81. The number of fused-ring (bicyclic) bond motifs is 6. The molecule has 6 heterocycles. The van der Waals surface area contributed by atoms with Crippen molar-refractivity contribution in [1.82, 2.24) is 14.8 Å². The fourth-order valence-electron chi connectivity index (χ4n) is 13.2. The number of carbonyl (C=O) groups is 3. The van der Waals surface area contributed by atoms with Gasteiger partial charge in [-0.3, -0.25) is 19.4 Å². The minimum atomic E-state index is -2.31. The van der Waals surface area contributed by atoms with Gasteiger partial charge in [0, 0.05) is 90.9 Å². The number of nitrogens with one attached hydrogen (secondary N) is 1. The lowest BCUT2D eigenvalue weighted by Gasteiger charge is -2.63. The Balaban J connectivity index is 1.38. The molecule has 2 bridgehead atoms. The van der Waals surface area contributed by atoms with Crippen LogP contribution in [0.1, 0.15) is 74.4 Å². The minimum Gasteiger partial charge on any atom is -0.496 e. The predicted molar refractivity (Wildman–Crippen MR) is 224 cm³/mol. The van der Waals surface area contributed by atoms with E-state index in [2.05, 4.69) is 46.0 Å². The number of rotatable bonds is 7. The number of aliphatic hydroxyl groups is 1. The van der Waals surface area contributed by atoms with E-state index in [1.807, 2.05) is 43.1 Å². The summed E-state index contributed by atoms with van der Waals surface area (Å²) < 4.78 is 24.0. The van der Waals surface area contributed by atoms with E-state index in [9.17, 15) is 20.0 Å². The first kappa shape index (κ1) is 40.3. The zero-order valence-corrected chi connectivity index (χ0v) is 35.6. The number of esters is 3. The van der Waals surface area contributed by atoms with E-state index >= 15 is 4.79 Å². The molecule has 9 rings (SSSR count). The summed E-state index contributed by atoms with van der Waals surface area (Å²) in [4.78, 5) is 53.3. The number of aromatic nitrogens is 1. The van der Waals surface area contributed by atoms with Crippen molar-refractivity contribution >= 4 is 34.5 Å². The van der Waals surface area contributed by atoms with Crippen LogP contribution in [0.4, 0.5) is 5.69 Å². The van der Waals surface area contributed by atoms with E-state index in [1.54, 1.807) is 13.2 Å². The summed E-state index contributed by atoms with van der Waals surface area (Å²) in [6.45, 7) is 9.15. The summed E-state index contributed by atoms with van der Waals surface area (Å²) >= 11 is 0. The summed E-state index contributed by atoms with van der Waals surface area (Å²) in [5.41, 5.74) is 0.904. The van der Waals surface area contributed by atoms with Gasteiger partial charge in [-0.15, -0.1) is 0 Å². The standard InChI is InChI=1S/C47H55N5O8/c1-8-28-19-30-23-46(42(54)58-6,38-31(13-17-51(25-28)26-30)32-20-29(24-48)11-12-35(32)49-38)34-21-33-36(22-37(34)57-5)50(4)40-45(33)15-18-52-16-10-14-44(9-2,39(45)52)41(60-27(3)53)47(40,56)43(55)59-7/h10-12,14,19-22,30,39-41,49,56H,8-9,13,15-18,23,25-26H2,1-7H3/t30-,39-,40?,41+,44+,45+,46-,47?/m0/s1. The molecule has 13 nitrogen and oxygen atoms in total. The van der Waals surface area contributed by atoms with E-state index in [-0.39, 0.29) is 12.0 Å². The fourth-order valence-corrected chi connectivity index (χ4v) is 13.2. The molecule has 9 atom stereocenters. The predicted octanol–water partition coefficient (Wildman–Crippen LogP) is 4.67. The molecule has 3 aromatic rings. The summed E-state index contributed by atoms with van der Waals surface area (Å²) in [6, 6.07) is 10.7. The highest BCUT2D eigenvalue weighted by molar-refractivity contribution is 5.95. The highest BCUT2D eigenvalue weighted by Gasteiger charge is 2.80. The molecule has 2 aromatic carbocycles. The van der Waals surface area contributed by atoms with Crippen LogP contribution in [0.25, 0.3) is 10.9 Å².